The van der Waals surface area contributed by atoms with E-state index in [1.807, 2.05) is 18.2 Å². The number of nitriles is 1. The smallest absolute Gasteiger partial charge is 0.321 e. The van der Waals surface area contributed by atoms with Crippen molar-refractivity contribution in [3.05, 3.63) is 64.7 Å². The molecule has 0 heterocycles. The summed E-state index contributed by atoms with van der Waals surface area (Å²) in [7, 11) is -3.94. The maximum Gasteiger partial charge on any atom is 0.321 e. The molecule has 3 rings (SSSR count). The Morgan fingerprint density at radius 3 is 2.52 bits per heavy atom. The number of esters is 1. The molecule has 1 N–H and O–H groups in total. The summed E-state index contributed by atoms with van der Waals surface area (Å²) in [6.07, 6.45) is 1.98. The molecule has 1 atom stereocenters. The van der Waals surface area contributed by atoms with Crippen LogP contribution in [0.2, 0.25) is 0 Å². The summed E-state index contributed by atoms with van der Waals surface area (Å²) in [6.45, 7) is 0.854. The molecule has 0 radical (unpaired) electrons. The molecule has 7 nitrogen and oxygen atoms in total. The molecule has 0 saturated carbocycles. The molecule has 2 aromatic rings. The van der Waals surface area contributed by atoms with E-state index in [9.17, 15) is 18.0 Å². The standard InChI is InChI=1S/C21H20N2O5S/c1-14(21(25)18-8-7-16-3-2-4-17(16)11-18)28-20(24)13-23-29(26,27)19-9-5-15(12-22)6-10-19/h5-11,14,23H,2-4,13H2,1H3. The lowest BCUT2D eigenvalue weighted by atomic mass is 10.0. The number of nitrogens with zero attached hydrogens (tertiary/aromatic N) is 1. The van der Waals surface area contributed by atoms with Gasteiger partial charge in [0, 0.05) is 5.56 Å². The number of ketones is 1. The van der Waals surface area contributed by atoms with Gasteiger partial charge in [0.25, 0.3) is 0 Å². The van der Waals surface area contributed by atoms with Crippen LogP contribution in [-0.2, 0) is 32.4 Å². The highest BCUT2D eigenvalue weighted by Gasteiger charge is 2.23. The molecule has 8 heteroatoms. The first kappa shape index (κ1) is 20.7. The van der Waals surface area contributed by atoms with Crippen LogP contribution in [0.5, 0.6) is 0 Å². The van der Waals surface area contributed by atoms with Crippen molar-refractivity contribution < 1.29 is 22.7 Å². The zero-order chi connectivity index (χ0) is 21.0. The van der Waals surface area contributed by atoms with Crippen molar-refractivity contribution in [1.82, 2.24) is 4.72 Å². The number of sulfonamides is 1. The molecular weight excluding hydrogens is 392 g/mol. The van der Waals surface area contributed by atoms with E-state index in [1.54, 1.807) is 6.07 Å². The van der Waals surface area contributed by atoms with Gasteiger partial charge in [0.2, 0.25) is 15.8 Å². The van der Waals surface area contributed by atoms with E-state index in [0.717, 1.165) is 24.8 Å². The van der Waals surface area contributed by atoms with Crippen molar-refractivity contribution in [2.45, 2.75) is 37.2 Å². The fourth-order valence-electron chi connectivity index (χ4n) is 3.20. The van der Waals surface area contributed by atoms with Gasteiger partial charge in [0.1, 0.15) is 6.54 Å². The Morgan fingerprint density at radius 1 is 1.14 bits per heavy atom. The lowest BCUT2D eigenvalue weighted by molar-refractivity contribution is -0.144. The summed E-state index contributed by atoms with van der Waals surface area (Å²) in [4.78, 5) is 24.5. The summed E-state index contributed by atoms with van der Waals surface area (Å²) < 4.78 is 31.7. The molecule has 2 aromatic carbocycles. The summed E-state index contributed by atoms with van der Waals surface area (Å²) in [6, 6.07) is 12.7. The zero-order valence-electron chi connectivity index (χ0n) is 15.8. The van der Waals surface area contributed by atoms with Crippen LogP contribution in [0.15, 0.2) is 47.4 Å². The second-order valence-corrected chi connectivity index (χ2v) is 8.56. The molecule has 0 spiro atoms. The van der Waals surface area contributed by atoms with Crippen LogP contribution in [-0.4, -0.2) is 32.8 Å². The van der Waals surface area contributed by atoms with Crippen LogP contribution in [0.3, 0.4) is 0 Å². The number of carbonyl (C=O) groups excluding carboxylic acids is 2. The molecular formula is C21H20N2O5S. The van der Waals surface area contributed by atoms with Crippen LogP contribution in [0, 0.1) is 11.3 Å². The molecule has 1 unspecified atom stereocenters. The molecule has 150 valence electrons. The Hall–Kier alpha value is -3.02. The number of Topliss-reactive ketones (excluding diaryl/α,β-unsaturated/α-hetero) is 1. The lowest BCUT2D eigenvalue weighted by Gasteiger charge is -2.13. The molecule has 0 bridgehead atoms. The average molecular weight is 412 g/mol. The second kappa shape index (κ2) is 8.55. The normalized spacial score (nSPS) is 13.9. The lowest BCUT2D eigenvalue weighted by Crippen LogP contribution is -2.34. The summed E-state index contributed by atoms with van der Waals surface area (Å²) in [5.74, 6) is -1.19. The van der Waals surface area contributed by atoms with Gasteiger partial charge in [-0.15, -0.1) is 0 Å². The van der Waals surface area contributed by atoms with E-state index in [-0.39, 0.29) is 10.7 Å². The van der Waals surface area contributed by atoms with E-state index in [4.69, 9.17) is 10.00 Å². The quantitative estimate of drug-likeness (QED) is 0.551. The number of carbonyl (C=O) groups is 2. The maximum atomic E-state index is 12.5. The van der Waals surface area contributed by atoms with Gasteiger partial charge < -0.3 is 4.74 Å². The highest BCUT2D eigenvalue weighted by molar-refractivity contribution is 7.89. The fourth-order valence-corrected chi connectivity index (χ4v) is 4.17. The Kier molecular flexibility index (Phi) is 6.11. The van der Waals surface area contributed by atoms with Gasteiger partial charge >= 0.3 is 5.97 Å². The molecule has 0 aliphatic heterocycles. The second-order valence-electron chi connectivity index (χ2n) is 6.79. The van der Waals surface area contributed by atoms with Crippen LogP contribution < -0.4 is 4.72 Å². The van der Waals surface area contributed by atoms with E-state index < -0.39 is 28.6 Å². The van der Waals surface area contributed by atoms with Gasteiger partial charge in [0.05, 0.1) is 16.5 Å². The number of benzene rings is 2. The van der Waals surface area contributed by atoms with Crippen molar-refractivity contribution in [3.8, 4) is 6.07 Å². The molecule has 0 saturated heterocycles. The monoisotopic (exact) mass is 412 g/mol. The molecule has 0 fully saturated rings. The van der Waals surface area contributed by atoms with Gasteiger partial charge in [-0.25, -0.2) is 8.42 Å². The van der Waals surface area contributed by atoms with Crippen molar-refractivity contribution in [2.24, 2.45) is 0 Å². The maximum absolute atomic E-state index is 12.5. The summed E-state index contributed by atoms with van der Waals surface area (Å²) >= 11 is 0. The number of rotatable bonds is 7. The summed E-state index contributed by atoms with van der Waals surface area (Å²) in [5.41, 5.74) is 3.18. The highest BCUT2D eigenvalue weighted by Crippen LogP contribution is 2.23. The van der Waals surface area contributed by atoms with Crippen LogP contribution in [0.25, 0.3) is 0 Å². The zero-order valence-corrected chi connectivity index (χ0v) is 16.7. The van der Waals surface area contributed by atoms with E-state index in [2.05, 4.69) is 4.72 Å². The van der Waals surface area contributed by atoms with Crippen LogP contribution in [0.1, 0.15) is 40.4 Å². The Balaban J connectivity index is 1.57. The predicted molar refractivity (Wildman–Crippen MR) is 105 cm³/mol. The third kappa shape index (κ3) is 4.88. The van der Waals surface area contributed by atoms with Crippen molar-refractivity contribution in [3.63, 3.8) is 0 Å². The predicted octanol–water partition coefficient (Wildman–Crippen LogP) is 2.14. The van der Waals surface area contributed by atoms with Crippen molar-refractivity contribution >= 4 is 21.8 Å². The first-order valence-corrected chi connectivity index (χ1v) is 10.6. The van der Waals surface area contributed by atoms with Gasteiger partial charge in [-0.2, -0.15) is 9.98 Å². The summed E-state index contributed by atoms with van der Waals surface area (Å²) in [5, 5.41) is 8.76. The molecule has 0 aromatic heterocycles. The minimum atomic E-state index is -3.94. The van der Waals surface area contributed by atoms with Gasteiger partial charge in [-0.05, 0) is 67.6 Å². The Morgan fingerprint density at radius 2 is 1.83 bits per heavy atom. The van der Waals surface area contributed by atoms with Gasteiger partial charge in [-0.1, -0.05) is 12.1 Å². The molecule has 1 aliphatic carbocycles. The fraction of sp³-hybridized carbons (Fsp3) is 0.286. The highest BCUT2D eigenvalue weighted by atomic mass is 32.2. The van der Waals surface area contributed by atoms with Gasteiger partial charge in [-0.3, -0.25) is 9.59 Å². The van der Waals surface area contributed by atoms with Crippen molar-refractivity contribution in [1.29, 1.82) is 5.26 Å². The first-order valence-electron chi connectivity index (χ1n) is 9.15. The largest absolute Gasteiger partial charge is 0.453 e. The number of aryl methyl sites for hydroxylation is 2. The minimum absolute atomic E-state index is 0.0773. The van der Waals surface area contributed by atoms with Crippen LogP contribution in [0.4, 0.5) is 0 Å². The van der Waals surface area contributed by atoms with Gasteiger partial charge in [0.15, 0.2) is 6.10 Å². The van der Waals surface area contributed by atoms with E-state index in [0.29, 0.717) is 11.1 Å². The number of hydrogen-bond donors (Lipinski definition) is 1. The van der Waals surface area contributed by atoms with E-state index in [1.165, 1.54) is 36.8 Å². The average Bonchev–Trinajstić information content (AvgIpc) is 3.19. The Labute approximate surface area is 169 Å². The van der Waals surface area contributed by atoms with E-state index >= 15 is 0 Å². The van der Waals surface area contributed by atoms with Crippen LogP contribution >= 0.6 is 0 Å². The molecule has 29 heavy (non-hydrogen) atoms. The third-order valence-corrected chi connectivity index (χ3v) is 6.18. The topological polar surface area (TPSA) is 113 Å². The minimum Gasteiger partial charge on any atom is -0.453 e. The number of fused-ring (bicyclic) bond motifs is 1. The van der Waals surface area contributed by atoms with Crippen molar-refractivity contribution in [2.75, 3.05) is 6.54 Å². The number of hydrogen-bond acceptors (Lipinski definition) is 6. The number of nitrogens with one attached hydrogen (secondary N) is 1. The Bertz CT molecular complexity index is 1090. The number of ether oxygens (including phenoxy) is 1. The molecule has 1 aliphatic rings. The molecule has 0 amide bonds. The first-order chi connectivity index (χ1) is 13.8. The third-order valence-electron chi connectivity index (χ3n) is 4.76. The SMILES string of the molecule is CC(OC(=O)CNS(=O)(=O)c1ccc(C#N)cc1)C(=O)c1ccc2c(c1)CCC2.